The molecule has 0 saturated heterocycles. The molecule has 3 rings (SSSR count). The van der Waals surface area contributed by atoms with Crippen LogP contribution < -0.4 is 10.5 Å². The summed E-state index contributed by atoms with van der Waals surface area (Å²) in [5.74, 6) is 1.18. The number of ether oxygens (including phenoxy) is 4. The summed E-state index contributed by atoms with van der Waals surface area (Å²) in [6, 6.07) is 7.76. The van der Waals surface area contributed by atoms with Gasteiger partial charge in [-0.25, -0.2) is 14.6 Å². The van der Waals surface area contributed by atoms with Gasteiger partial charge in [-0.2, -0.15) is 5.10 Å². The van der Waals surface area contributed by atoms with Crippen LogP contribution in [0.3, 0.4) is 0 Å². The van der Waals surface area contributed by atoms with Gasteiger partial charge in [-0.1, -0.05) is 6.92 Å². The van der Waals surface area contributed by atoms with Crippen molar-refractivity contribution >= 4 is 16.9 Å². The summed E-state index contributed by atoms with van der Waals surface area (Å²) in [6.07, 6.45) is 2.49. The number of rotatable bonds is 13. The molecule has 0 unspecified atom stereocenters. The average molecular weight is 458 g/mol. The monoisotopic (exact) mass is 457 g/mol. The van der Waals surface area contributed by atoms with Gasteiger partial charge < -0.3 is 24.7 Å². The van der Waals surface area contributed by atoms with E-state index in [1.54, 1.807) is 0 Å². The van der Waals surface area contributed by atoms with Crippen LogP contribution in [0.25, 0.3) is 22.3 Å². The van der Waals surface area contributed by atoms with Gasteiger partial charge in [0.05, 0.1) is 44.0 Å². The van der Waals surface area contributed by atoms with E-state index in [-0.39, 0.29) is 5.54 Å². The van der Waals surface area contributed by atoms with Crippen molar-refractivity contribution < 1.29 is 18.9 Å². The zero-order valence-electron chi connectivity index (χ0n) is 20.0. The Hall–Kier alpha value is -2.75. The lowest BCUT2D eigenvalue weighted by molar-refractivity contribution is 0.00945. The molecule has 33 heavy (non-hydrogen) atoms. The molecule has 2 N–H and O–H groups in total. The molecular weight excluding hydrogens is 422 g/mol. The minimum absolute atomic E-state index is 0.242. The van der Waals surface area contributed by atoms with E-state index < -0.39 is 0 Å². The van der Waals surface area contributed by atoms with Crippen molar-refractivity contribution in [2.24, 2.45) is 0 Å². The standard InChI is InChI=1S/C24H35N5O4/c1-5-10-30-11-12-31-13-14-32-15-16-33-19-8-6-18(7-9-19)21-20-22(25)26-17-27-23(20)29(28-21)24(2,3)4/h6-9,17H,5,10-16H2,1-4H3,(H2,25,26,27). The fourth-order valence-electron chi connectivity index (χ4n) is 3.26. The van der Waals surface area contributed by atoms with Crippen molar-refractivity contribution in [2.45, 2.75) is 39.7 Å². The van der Waals surface area contributed by atoms with Crippen molar-refractivity contribution in [2.75, 3.05) is 52.0 Å². The highest BCUT2D eigenvalue weighted by molar-refractivity contribution is 5.98. The van der Waals surface area contributed by atoms with E-state index >= 15 is 0 Å². The molecule has 0 radical (unpaired) electrons. The van der Waals surface area contributed by atoms with Gasteiger partial charge in [0.2, 0.25) is 0 Å². The number of hydrogen-bond donors (Lipinski definition) is 1. The summed E-state index contributed by atoms with van der Waals surface area (Å²) in [7, 11) is 0. The summed E-state index contributed by atoms with van der Waals surface area (Å²) in [5.41, 5.74) is 8.34. The van der Waals surface area contributed by atoms with Gasteiger partial charge in [-0.15, -0.1) is 0 Å². The van der Waals surface area contributed by atoms with Crippen LogP contribution in [0.4, 0.5) is 5.82 Å². The zero-order valence-corrected chi connectivity index (χ0v) is 20.0. The van der Waals surface area contributed by atoms with Crippen LogP contribution in [-0.4, -0.2) is 66.0 Å². The SMILES string of the molecule is CCCOCCOCCOCCOc1ccc(-c2nn(C(C)(C)C)c3ncnc(N)c23)cc1. The predicted molar refractivity (Wildman–Crippen MR) is 128 cm³/mol. The van der Waals surface area contributed by atoms with Crippen LogP contribution in [0.15, 0.2) is 30.6 Å². The summed E-state index contributed by atoms with van der Waals surface area (Å²) >= 11 is 0. The van der Waals surface area contributed by atoms with E-state index in [1.807, 2.05) is 28.9 Å². The second-order valence-corrected chi connectivity index (χ2v) is 8.60. The molecule has 9 nitrogen and oxygen atoms in total. The predicted octanol–water partition coefficient (Wildman–Crippen LogP) is 3.67. The second-order valence-electron chi connectivity index (χ2n) is 8.60. The number of fused-ring (bicyclic) bond motifs is 1. The molecule has 9 heteroatoms. The van der Waals surface area contributed by atoms with E-state index in [0.717, 1.165) is 41.1 Å². The molecule has 0 aliphatic rings. The van der Waals surface area contributed by atoms with E-state index in [0.29, 0.717) is 45.5 Å². The molecule has 2 aromatic heterocycles. The van der Waals surface area contributed by atoms with Gasteiger partial charge in [0, 0.05) is 12.2 Å². The van der Waals surface area contributed by atoms with Gasteiger partial charge in [-0.05, 0) is 51.5 Å². The van der Waals surface area contributed by atoms with Crippen molar-refractivity contribution in [1.29, 1.82) is 0 Å². The smallest absolute Gasteiger partial charge is 0.164 e. The molecule has 1 aromatic carbocycles. The lowest BCUT2D eigenvalue weighted by Gasteiger charge is -2.19. The minimum Gasteiger partial charge on any atom is -0.491 e. The highest BCUT2D eigenvalue weighted by Gasteiger charge is 2.23. The lowest BCUT2D eigenvalue weighted by atomic mass is 10.1. The Morgan fingerprint density at radius 2 is 1.45 bits per heavy atom. The number of aromatic nitrogens is 4. The number of hydrogen-bond acceptors (Lipinski definition) is 8. The van der Waals surface area contributed by atoms with Crippen LogP contribution in [-0.2, 0) is 19.7 Å². The third-order valence-corrected chi connectivity index (χ3v) is 4.85. The van der Waals surface area contributed by atoms with Crippen molar-refractivity contribution in [3.63, 3.8) is 0 Å². The third-order valence-electron chi connectivity index (χ3n) is 4.85. The Kier molecular flexibility index (Phi) is 8.99. The summed E-state index contributed by atoms with van der Waals surface area (Å²) in [4.78, 5) is 8.58. The summed E-state index contributed by atoms with van der Waals surface area (Å²) < 4.78 is 24.0. The number of nitrogen functional groups attached to an aromatic ring is 1. The zero-order chi connectivity index (χ0) is 23.7. The van der Waals surface area contributed by atoms with E-state index in [2.05, 4.69) is 37.7 Å². The Morgan fingerprint density at radius 1 is 0.848 bits per heavy atom. The number of nitrogens with two attached hydrogens (primary N) is 1. The van der Waals surface area contributed by atoms with Gasteiger partial charge in [0.1, 0.15) is 30.2 Å². The quantitative estimate of drug-likeness (QED) is 0.388. The topological polar surface area (TPSA) is 107 Å². The molecule has 0 saturated carbocycles. The van der Waals surface area contributed by atoms with Crippen molar-refractivity contribution in [3.8, 4) is 17.0 Å². The maximum absolute atomic E-state index is 6.17. The molecule has 0 aliphatic carbocycles. The van der Waals surface area contributed by atoms with Gasteiger partial charge in [0.15, 0.2) is 5.65 Å². The summed E-state index contributed by atoms with van der Waals surface area (Å²) in [5, 5.41) is 5.56. The fourth-order valence-corrected chi connectivity index (χ4v) is 3.26. The molecular formula is C24H35N5O4. The Morgan fingerprint density at radius 3 is 2.06 bits per heavy atom. The second kappa shape index (κ2) is 11.9. The Bertz CT molecular complexity index is 998. The van der Waals surface area contributed by atoms with Gasteiger partial charge in [0.25, 0.3) is 0 Å². The lowest BCUT2D eigenvalue weighted by Crippen LogP contribution is -2.23. The number of benzene rings is 1. The molecule has 0 spiro atoms. The van der Waals surface area contributed by atoms with Crippen LogP contribution >= 0.6 is 0 Å². The largest absolute Gasteiger partial charge is 0.491 e. The third kappa shape index (κ3) is 6.86. The van der Waals surface area contributed by atoms with Crippen LogP contribution in [0, 0.1) is 0 Å². The van der Waals surface area contributed by atoms with Crippen LogP contribution in [0.5, 0.6) is 5.75 Å². The van der Waals surface area contributed by atoms with Crippen LogP contribution in [0.2, 0.25) is 0 Å². The number of nitrogens with zero attached hydrogens (tertiary/aromatic N) is 4. The number of anilines is 1. The van der Waals surface area contributed by atoms with Gasteiger partial charge >= 0.3 is 0 Å². The molecule has 0 amide bonds. The first-order chi connectivity index (χ1) is 15.9. The first kappa shape index (κ1) is 24.9. The van der Waals surface area contributed by atoms with E-state index in [4.69, 9.17) is 29.8 Å². The van der Waals surface area contributed by atoms with Crippen molar-refractivity contribution in [1.82, 2.24) is 19.7 Å². The van der Waals surface area contributed by atoms with Crippen molar-refractivity contribution in [3.05, 3.63) is 30.6 Å². The molecule has 0 atom stereocenters. The Labute approximate surface area is 195 Å². The summed E-state index contributed by atoms with van der Waals surface area (Å²) in [6.45, 7) is 12.3. The van der Waals surface area contributed by atoms with Gasteiger partial charge in [-0.3, -0.25) is 0 Å². The minimum atomic E-state index is -0.242. The van der Waals surface area contributed by atoms with E-state index in [1.165, 1.54) is 6.33 Å². The molecule has 0 aliphatic heterocycles. The van der Waals surface area contributed by atoms with Crippen LogP contribution in [0.1, 0.15) is 34.1 Å². The van der Waals surface area contributed by atoms with E-state index in [9.17, 15) is 0 Å². The first-order valence-corrected chi connectivity index (χ1v) is 11.4. The molecule has 0 fully saturated rings. The molecule has 2 heterocycles. The molecule has 180 valence electrons. The highest BCUT2D eigenvalue weighted by Crippen LogP contribution is 2.33. The average Bonchev–Trinajstić information content (AvgIpc) is 3.19. The maximum atomic E-state index is 6.17. The normalized spacial score (nSPS) is 11.9. The first-order valence-electron chi connectivity index (χ1n) is 11.4. The highest BCUT2D eigenvalue weighted by atomic mass is 16.6. The fraction of sp³-hybridized carbons (Fsp3) is 0.542. The Balaban J connectivity index is 1.50. The molecule has 3 aromatic rings. The maximum Gasteiger partial charge on any atom is 0.164 e. The molecule has 0 bridgehead atoms.